The number of furan rings is 1. The van der Waals surface area contributed by atoms with Crippen LogP contribution in [0.2, 0.25) is 0 Å². The minimum Gasteiger partial charge on any atom is -0.472 e. The molecule has 6 aromatic rings. The van der Waals surface area contributed by atoms with Gasteiger partial charge in [0.15, 0.2) is 11.5 Å². The molecule has 144 valence electrons. The van der Waals surface area contributed by atoms with E-state index in [0.717, 1.165) is 44.4 Å². The quantitative estimate of drug-likeness (QED) is 0.457. The summed E-state index contributed by atoms with van der Waals surface area (Å²) < 4.78 is 5.21. The van der Waals surface area contributed by atoms with Crippen molar-refractivity contribution >= 4 is 22.1 Å². The molecule has 0 aliphatic heterocycles. The van der Waals surface area contributed by atoms with Gasteiger partial charge in [0.05, 0.1) is 23.4 Å². The Bertz CT molecular complexity index is 1510. The maximum absolute atomic E-state index is 5.21. The van der Waals surface area contributed by atoms with Gasteiger partial charge in [0, 0.05) is 41.5 Å². The molecular formula is C22H15N7O. The van der Waals surface area contributed by atoms with Crippen molar-refractivity contribution in [2.45, 2.75) is 6.92 Å². The molecule has 0 bridgehead atoms. The topological polar surface area (TPSA) is 109 Å². The average Bonchev–Trinajstić information content (AvgIpc) is 3.51. The van der Waals surface area contributed by atoms with Crippen LogP contribution in [0, 0.1) is 6.92 Å². The minimum atomic E-state index is 0.649. The summed E-state index contributed by atoms with van der Waals surface area (Å²) >= 11 is 0. The Morgan fingerprint density at radius 1 is 0.967 bits per heavy atom. The number of aryl methyl sites for hydroxylation is 1. The molecule has 0 atom stereocenters. The Morgan fingerprint density at radius 2 is 1.93 bits per heavy atom. The molecule has 8 nitrogen and oxygen atoms in total. The largest absolute Gasteiger partial charge is 0.472 e. The average molecular weight is 393 g/mol. The smallest absolute Gasteiger partial charge is 0.159 e. The van der Waals surface area contributed by atoms with E-state index in [1.807, 2.05) is 30.6 Å². The van der Waals surface area contributed by atoms with E-state index in [4.69, 9.17) is 9.40 Å². The third-order valence-corrected chi connectivity index (χ3v) is 5.19. The van der Waals surface area contributed by atoms with Gasteiger partial charge in [-0.2, -0.15) is 5.10 Å². The number of pyridine rings is 3. The van der Waals surface area contributed by atoms with Crippen molar-refractivity contribution in [2.24, 2.45) is 0 Å². The number of nitrogens with zero attached hydrogens (tertiary/aromatic N) is 5. The van der Waals surface area contributed by atoms with Gasteiger partial charge in [0.25, 0.3) is 0 Å². The molecule has 0 amide bonds. The number of aromatic amines is 2. The molecule has 0 fully saturated rings. The monoisotopic (exact) mass is 393 g/mol. The van der Waals surface area contributed by atoms with E-state index in [1.54, 1.807) is 24.9 Å². The molecule has 0 aromatic carbocycles. The second kappa shape index (κ2) is 6.35. The lowest BCUT2D eigenvalue weighted by Gasteiger charge is -2.04. The molecule has 0 radical (unpaired) electrons. The Labute approximate surface area is 170 Å². The summed E-state index contributed by atoms with van der Waals surface area (Å²) in [6.45, 7) is 2.06. The number of nitrogens with one attached hydrogen (secondary N) is 2. The SMILES string of the molecule is Cc1ccncc1-c1cnc2[nH]nc(-c3nc4c(-c5ccoc5)nccc4[nH]3)c2c1. The fourth-order valence-electron chi connectivity index (χ4n) is 3.66. The van der Waals surface area contributed by atoms with Crippen LogP contribution in [-0.4, -0.2) is 35.1 Å². The molecule has 0 aliphatic rings. The van der Waals surface area contributed by atoms with Gasteiger partial charge in [0.1, 0.15) is 16.9 Å². The molecule has 0 saturated carbocycles. The highest BCUT2D eigenvalue weighted by molar-refractivity contribution is 5.96. The Kier molecular flexibility index (Phi) is 3.51. The fourth-order valence-corrected chi connectivity index (χ4v) is 3.66. The molecular weight excluding hydrogens is 378 g/mol. The first-order valence-corrected chi connectivity index (χ1v) is 9.41. The highest BCUT2D eigenvalue weighted by Gasteiger charge is 2.17. The molecule has 6 heterocycles. The van der Waals surface area contributed by atoms with E-state index in [1.165, 1.54) is 0 Å². The number of rotatable bonds is 3. The maximum Gasteiger partial charge on any atom is 0.159 e. The predicted molar refractivity (Wildman–Crippen MR) is 112 cm³/mol. The van der Waals surface area contributed by atoms with Crippen molar-refractivity contribution in [3.8, 4) is 33.9 Å². The summed E-state index contributed by atoms with van der Waals surface area (Å²) in [4.78, 5) is 21.4. The lowest BCUT2D eigenvalue weighted by Crippen LogP contribution is -1.87. The van der Waals surface area contributed by atoms with E-state index >= 15 is 0 Å². The number of fused-ring (bicyclic) bond motifs is 2. The lowest BCUT2D eigenvalue weighted by molar-refractivity contribution is 0.568. The Morgan fingerprint density at radius 3 is 2.80 bits per heavy atom. The third-order valence-electron chi connectivity index (χ3n) is 5.19. The van der Waals surface area contributed by atoms with Gasteiger partial charge in [-0.05, 0) is 36.8 Å². The van der Waals surface area contributed by atoms with Gasteiger partial charge in [-0.15, -0.1) is 0 Å². The summed E-state index contributed by atoms with van der Waals surface area (Å²) in [6, 6.07) is 7.81. The molecule has 6 rings (SSSR count). The number of H-pyrrole nitrogens is 2. The number of imidazole rings is 1. The van der Waals surface area contributed by atoms with Crippen LogP contribution in [0.5, 0.6) is 0 Å². The molecule has 0 unspecified atom stereocenters. The van der Waals surface area contributed by atoms with Gasteiger partial charge < -0.3 is 9.40 Å². The van der Waals surface area contributed by atoms with Crippen molar-refractivity contribution in [1.29, 1.82) is 0 Å². The van der Waals surface area contributed by atoms with Crippen LogP contribution < -0.4 is 0 Å². The van der Waals surface area contributed by atoms with Crippen LogP contribution in [0.15, 0.2) is 66.0 Å². The molecule has 0 aliphatic carbocycles. The molecule has 2 N–H and O–H groups in total. The standard InChI is InChI=1S/C22H15N7O/c1-12-2-5-23-10-16(12)14-8-15-19(28-29-21(15)25-9-14)22-26-17-3-6-24-18(20(17)27-22)13-4-7-30-11-13/h2-11H,1H3,(H,26,27)(H,25,28,29). The van der Waals surface area contributed by atoms with Crippen LogP contribution in [0.3, 0.4) is 0 Å². The maximum atomic E-state index is 5.21. The van der Waals surface area contributed by atoms with Crippen molar-refractivity contribution in [1.82, 2.24) is 35.1 Å². The number of hydrogen-bond donors (Lipinski definition) is 2. The van der Waals surface area contributed by atoms with E-state index in [9.17, 15) is 0 Å². The van der Waals surface area contributed by atoms with Gasteiger partial charge in [-0.3, -0.25) is 15.1 Å². The summed E-state index contributed by atoms with van der Waals surface area (Å²) in [6.07, 6.45) is 10.5. The first-order valence-electron chi connectivity index (χ1n) is 9.41. The first kappa shape index (κ1) is 16.6. The van der Waals surface area contributed by atoms with Crippen LogP contribution >= 0.6 is 0 Å². The zero-order chi connectivity index (χ0) is 20.1. The highest BCUT2D eigenvalue weighted by Crippen LogP contribution is 2.32. The van der Waals surface area contributed by atoms with E-state index in [2.05, 4.69) is 43.1 Å². The molecule has 30 heavy (non-hydrogen) atoms. The first-order chi connectivity index (χ1) is 14.8. The van der Waals surface area contributed by atoms with Crippen molar-refractivity contribution < 1.29 is 4.42 Å². The zero-order valence-corrected chi connectivity index (χ0v) is 15.9. The highest BCUT2D eigenvalue weighted by atomic mass is 16.3. The summed E-state index contributed by atoms with van der Waals surface area (Å²) in [5.74, 6) is 0.649. The Hall–Kier alpha value is -4.33. The van der Waals surface area contributed by atoms with E-state index in [-0.39, 0.29) is 0 Å². The van der Waals surface area contributed by atoms with Crippen LogP contribution in [0.4, 0.5) is 0 Å². The third kappa shape index (κ3) is 2.51. The van der Waals surface area contributed by atoms with Crippen LogP contribution in [0.25, 0.3) is 56.0 Å². The normalized spacial score (nSPS) is 11.5. The second-order valence-electron chi connectivity index (χ2n) is 7.04. The summed E-state index contributed by atoms with van der Waals surface area (Å²) in [5, 5.41) is 8.36. The number of hydrogen-bond acceptors (Lipinski definition) is 6. The fraction of sp³-hybridized carbons (Fsp3) is 0.0455. The molecule has 0 saturated heterocycles. The van der Waals surface area contributed by atoms with E-state index < -0.39 is 0 Å². The van der Waals surface area contributed by atoms with E-state index in [0.29, 0.717) is 17.2 Å². The number of aromatic nitrogens is 7. The molecule has 0 spiro atoms. The minimum absolute atomic E-state index is 0.649. The van der Waals surface area contributed by atoms with Gasteiger partial charge in [0.2, 0.25) is 0 Å². The van der Waals surface area contributed by atoms with Crippen molar-refractivity contribution in [3.05, 3.63) is 67.1 Å². The van der Waals surface area contributed by atoms with Gasteiger partial charge >= 0.3 is 0 Å². The van der Waals surface area contributed by atoms with Gasteiger partial charge in [-0.25, -0.2) is 9.97 Å². The molecule has 8 heteroatoms. The van der Waals surface area contributed by atoms with Crippen molar-refractivity contribution in [3.63, 3.8) is 0 Å². The van der Waals surface area contributed by atoms with Crippen LogP contribution in [0.1, 0.15) is 5.56 Å². The van der Waals surface area contributed by atoms with Crippen LogP contribution in [-0.2, 0) is 0 Å². The summed E-state index contributed by atoms with van der Waals surface area (Å²) in [7, 11) is 0. The van der Waals surface area contributed by atoms with Crippen molar-refractivity contribution in [2.75, 3.05) is 0 Å². The summed E-state index contributed by atoms with van der Waals surface area (Å²) in [5.41, 5.74) is 7.82. The predicted octanol–water partition coefficient (Wildman–Crippen LogP) is 4.53. The lowest BCUT2D eigenvalue weighted by atomic mass is 10.0. The molecule has 6 aromatic heterocycles. The van der Waals surface area contributed by atoms with Gasteiger partial charge in [-0.1, -0.05) is 0 Å². The Balaban J connectivity index is 1.53. The zero-order valence-electron chi connectivity index (χ0n) is 15.9. The second-order valence-corrected chi connectivity index (χ2v) is 7.04.